The van der Waals surface area contributed by atoms with Crippen LogP contribution in [0.1, 0.15) is 168 Å². The SMILES string of the molecule is CCCCCCCCC[13C](=O)OCC(CO[13C](=O)CCCCCCCCC)OC(=O)CCCCCCCC. The first-order valence-electron chi connectivity index (χ1n) is 16.0. The molecule has 6 nitrogen and oxygen atoms in total. The predicted molar refractivity (Wildman–Crippen MR) is 155 cm³/mol. The minimum absolute atomic E-state index is 0.0672. The summed E-state index contributed by atoms with van der Waals surface area (Å²) in [5.41, 5.74) is 0. The lowest BCUT2D eigenvalue weighted by molar-refractivity contribution is -0.167. The van der Waals surface area contributed by atoms with Gasteiger partial charge in [0.05, 0.1) is 0 Å². The highest BCUT2D eigenvalue weighted by Gasteiger charge is 2.19. The van der Waals surface area contributed by atoms with Crippen molar-refractivity contribution in [2.45, 2.75) is 175 Å². The molecule has 224 valence electrons. The van der Waals surface area contributed by atoms with Crippen LogP contribution in [0.3, 0.4) is 0 Å². The third kappa shape index (κ3) is 26.0. The maximum atomic E-state index is 12.4. The van der Waals surface area contributed by atoms with E-state index in [1.807, 2.05) is 0 Å². The number of carbonyl (C=O) groups is 3. The molecule has 0 aromatic heterocycles. The van der Waals surface area contributed by atoms with Crippen molar-refractivity contribution in [2.75, 3.05) is 13.2 Å². The highest BCUT2D eigenvalue weighted by Crippen LogP contribution is 2.12. The number of esters is 3. The fourth-order valence-corrected chi connectivity index (χ4v) is 4.38. The molecule has 0 aromatic carbocycles. The Hall–Kier alpha value is -1.59. The van der Waals surface area contributed by atoms with Gasteiger partial charge >= 0.3 is 17.9 Å². The number of unbranched alkanes of at least 4 members (excludes halogenated alkanes) is 17. The Kier molecular flexibility index (Phi) is 27.2. The average molecular weight is 543 g/mol. The number of hydrogen-bond donors (Lipinski definition) is 0. The summed E-state index contributed by atoms with van der Waals surface area (Å²) in [4.78, 5) is 36.8. The van der Waals surface area contributed by atoms with E-state index in [2.05, 4.69) is 20.8 Å². The number of hydrogen-bond acceptors (Lipinski definition) is 6. The van der Waals surface area contributed by atoms with Crippen LogP contribution in [0.2, 0.25) is 0 Å². The van der Waals surface area contributed by atoms with Crippen LogP contribution in [0, 0.1) is 0 Å². The maximum absolute atomic E-state index is 12.4. The van der Waals surface area contributed by atoms with Crippen LogP contribution in [-0.2, 0) is 28.6 Å². The van der Waals surface area contributed by atoms with E-state index in [1.54, 1.807) is 0 Å². The van der Waals surface area contributed by atoms with Gasteiger partial charge in [-0.25, -0.2) is 0 Å². The Labute approximate surface area is 234 Å². The zero-order valence-corrected chi connectivity index (χ0v) is 25.2. The highest BCUT2D eigenvalue weighted by molar-refractivity contribution is 5.71. The molecule has 0 saturated heterocycles. The van der Waals surface area contributed by atoms with Gasteiger partial charge in [-0.3, -0.25) is 14.4 Å². The molecule has 0 unspecified atom stereocenters. The summed E-state index contributed by atoms with van der Waals surface area (Å²) in [6.45, 7) is 6.45. The first kappa shape index (κ1) is 36.4. The lowest BCUT2D eigenvalue weighted by Gasteiger charge is -2.18. The number of rotatable bonds is 28. The largest absolute Gasteiger partial charge is 0.462 e. The highest BCUT2D eigenvalue weighted by atomic mass is 16.7. The molecular weight excluding hydrogens is 482 g/mol. The third-order valence-electron chi connectivity index (χ3n) is 6.86. The average Bonchev–Trinajstić information content (AvgIpc) is 2.91. The van der Waals surface area contributed by atoms with Crippen molar-refractivity contribution in [3.8, 4) is 0 Å². The lowest BCUT2D eigenvalue weighted by Crippen LogP contribution is -2.30. The summed E-state index contributed by atoms with van der Waals surface area (Å²) in [6, 6.07) is 0. The zero-order valence-electron chi connectivity index (χ0n) is 25.2. The van der Waals surface area contributed by atoms with E-state index >= 15 is 0 Å². The minimum Gasteiger partial charge on any atom is -0.462 e. The molecule has 0 fully saturated rings. The Balaban J connectivity index is 4.35. The second kappa shape index (κ2) is 28.4. The van der Waals surface area contributed by atoms with Gasteiger partial charge in [0.1, 0.15) is 13.2 Å². The van der Waals surface area contributed by atoms with Crippen LogP contribution >= 0.6 is 0 Å². The van der Waals surface area contributed by atoms with E-state index in [1.165, 1.54) is 70.6 Å². The molecule has 0 amide bonds. The van der Waals surface area contributed by atoms with Gasteiger partial charge in [-0.05, 0) is 19.3 Å². The van der Waals surface area contributed by atoms with Crippen molar-refractivity contribution < 1.29 is 28.6 Å². The van der Waals surface area contributed by atoms with Gasteiger partial charge in [-0.1, -0.05) is 130 Å². The summed E-state index contributed by atoms with van der Waals surface area (Å²) in [6.07, 6.45) is 22.7. The van der Waals surface area contributed by atoms with Crippen LogP contribution < -0.4 is 0 Å². The van der Waals surface area contributed by atoms with E-state index in [4.69, 9.17) is 14.2 Å². The molecule has 6 heteroatoms. The molecule has 38 heavy (non-hydrogen) atoms. The van der Waals surface area contributed by atoms with Crippen LogP contribution in [0.25, 0.3) is 0 Å². The molecule has 0 bridgehead atoms. The van der Waals surface area contributed by atoms with Crippen molar-refractivity contribution in [1.29, 1.82) is 0 Å². The second-order valence-electron chi connectivity index (χ2n) is 10.7. The molecule has 0 aliphatic rings. The molecule has 0 aromatic rings. The summed E-state index contributed by atoms with van der Waals surface area (Å²) < 4.78 is 16.3. The quantitative estimate of drug-likeness (QED) is 0.0425. The number of ether oxygens (including phenoxy) is 3. The van der Waals surface area contributed by atoms with Crippen molar-refractivity contribution in [3.63, 3.8) is 0 Å². The molecule has 0 saturated carbocycles. The topological polar surface area (TPSA) is 78.9 Å². The molecular formula is C32H60O6. The first-order chi connectivity index (χ1) is 18.5. The van der Waals surface area contributed by atoms with E-state index < -0.39 is 6.10 Å². The summed E-state index contributed by atoms with van der Waals surface area (Å²) in [5.74, 6) is -0.897. The summed E-state index contributed by atoms with van der Waals surface area (Å²) in [5, 5.41) is 0. The van der Waals surface area contributed by atoms with Gasteiger partial charge in [0.15, 0.2) is 6.10 Å². The molecule has 0 heterocycles. The molecule has 0 rings (SSSR count). The van der Waals surface area contributed by atoms with E-state index in [0.29, 0.717) is 19.3 Å². The normalized spacial score (nSPS) is 11.1. The standard InChI is InChI=1S/C32H60O6/c1-4-7-10-13-16-19-21-24-30(33)36-27-29(38-32(35)26-23-18-15-12-9-6-3)28-37-31(34)25-22-20-17-14-11-8-5-2/h29H,4-28H2,1-3H3/i30+1,31+1. The number of carbonyl (C=O) groups excluding carboxylic acids is 3. The fraction of sp³-hybridized carbons (Fsp3) is 0.906. The Morgan fingerprint density at radius 1 is 0.421 bits per heavy atom. The van der Waals surface area contributed by atoms with E-state index in [0.717, 1.165) is 57.8 Å². The van der Waals surface area contributed by atoms with E-state index in [-0.39, 0.29) is 31.1 Å². The third-order valence-corrected chi connectivity index (χ3v) is 6.86. The van der Waals surface area contributed by atoms with Gasteiger partial charge in [-0.15, -0.1) is 0 Å². The fourth-order valence-electron chi connectivity index (χ4n) is 4.38. The van der Waals surface area contributed by atoms with Crippen molar-refractivity contribution >= 4 is 17.9 Å². The molecule has 0 radical (unpaired) electrons. The second-order valence-corrected chi connectivity index (χ2v) is 10.7. The Morgan fingerprint density at radius 3 is 1.05 bits per heavy atom. The molecule has 0 N–H and O–H groups in total. The van der Waals surface area contributed by atoms with Crippen molar-refractivity contribution in [2.24, 2.45) is 0 Å². The van der Waals surface area contributed by atoms with Gasteiger partial charge in [0.2, 0.25) is 0 Å². The molecule has 0 atom stereocenters. The predicted octanol–water partition coefficient (Wildman–Crippen LogP) is 9.02. The van der Waals surface area contributed by atoms with E-state index in [9.17, 15) is 14.4 Å². The summed E-state index contributed by atoms with van der Waals surface area (Å²) in [7, 11) is 0. The van der Waals surface area contributed by atoms with Gasteiger partial charge in [0, 0.05) is 19.3 Å². The van der Waals surface area contributed by atoms with Crippen LogP contribution in [0.4, 0.5) is 0 Å². The first-order valence-corrected chi connectivity index (χ1v) is 16.0. The van der Waals surface area contributed by atoms with Crippen LogP contribution in [-0.4, -0.2) is 37.2 Å². The van der Waals surface area contributed by atoms with Crippen molar-refractivity contribution in [1.82, 2.24) is 0 Å². The molecule has 0 aliphatic heterocycles. The van der Waals surface area contributed by atoms with Gasteiger partial charge in [-0.2, -0.15) is 0 Å². The smallest absolute Gasteiger partial charge is 0.306 e. The van der Waals surface area contributed by atoms with Gasteiger partial charge in [0.25, 0.3) is 0 Å². The maximum Gasteiger partial charge on any atom is 0.306 e. The zero-order chi connectivity index (χ0) is 28.1. The molecule has 0 spiro atoms. The lowest BCUT2D eigenvalue weighted by atomic mass is 10.1. The molecule has 0 aliphatic carbocycles. The van der Waals surface area contributed by atoms with Crippen molar-refractivity contribution in [3.05, 3.63) is 0 Å². The van der Waals surface area contributed by atoms with Gasteiger partial charge < -0.3 is 14.2 Å². The minimum atomic E-state index is -0.751. The Morgan fingerprint density at radius 2 is 0.711 bits per heavy atom. The van der Waals surface area contributed by atoms with Crippen LogP contribution in [0.5, 0.6) is 0 Å². The van der Waals surface area contributed by atoms with Crippen LogP contribution in [0.15, 0.2) is 0 Å². The monoisotopic (exact) mass is 542 g/mol. The summed E-state index contributed by atoms with van der Waals surface area (Å²) >= 11 is 0. The Bertz CT molecular complexity index is 528.